The third kappa shape index (κ3) is 7.15. The summed E-state index contributed by atoms with van der Waals surface area (Å²) in [5.74, 6) is 1.95. The van der Waals surface area contributed by atoms with E-state index in [1.165, 1.54) is 18.7 Å². The van der Waals surface area contributed by atoms with Crippen molar-refractivity contribution in [3.8, 4) is 34.8 Å². The van der Waals surface area contributed by atoms with Crippen molar-refractivity contribution in [3.05, 3.63) is 39.4 Å². The van der Waals surface area contributed by atoms with E-state index in [4.69, 9.17) is 33.2 Å². The molecule has 19 heteroatoms. The van der Waals surface area contributed by atoms with Gasteiger partial charge in [0.15, 0.2) is 29.8 Å². The third-order valence-corrected chi connectivity index (χ3v) is 16.3. The number of fused-ring (bicyclic) bond motifs is 11. The largest absolute Gasteiger partial charge is 0.493 e. The average Bonchev–Trinajstić information content (AvgIpc) is 3.97. The van der Waals surface area contributed by atoms with Crippen molar-refractivity contribution in [1.82, 2.24) is 25.8 Å². The number of urea groups is 1. The first kappa shape index (κ1) is 42.7. The minimum absolute atomic E-state index is 0.0300. The van der Waals surface area contributed by atoms with Crippen LogP contribution in [-0.4, -0.2) is 128 Å². The van der Waals surface area contributed by atoms with E-state index in [0.717, 1.165) is 35.3 Å². The fraction of sp³-hybridized carbons (Fsp3) is 0.605. The van der Waals surface area contributed by atoms with E-state index >= 15 is 0 Å². The number of ether oxygens (including phenoxy) is 7. The number of nitrogens with zero attached hydrogens (tertiary/aromatic N) is 3. The Morgan fingerprint density at radius 3 is 2.58 bits per heavy atom. The Kier molecular flexibility index (Phi) is 11.8. The normalized spacial score (nSPS) is 30.4. The van der Waals surface area contributed by atoms with E-state index in [9.17, 15) is 24.4 Å². The van der Waals surface area contributed by atoms with Gasteiger partial charge in [-0.3, -0.25) is 19.4 Å². The highest BCUT2D eigenvalue weighted by molar-refractivity contribution is 8.00. The predicted molar refractivity (Wildman–Crippen MR) is 227 cm³/mol. The van der Waals surface area contributed by atoms with Gasteiger partial charge in [-0.2, -0.15) is 17.0 Å². The molecule has 8 aliphatic rings. The molecule has 4 bridgehead atoms. The van der Waals surface area contributed by atoms with E-state index in [1.807, 2.05) is 32.7 Å². The van der Waals surface area contributed by atoms with Gasteiger partial charge in [-0.1, -0.05) is 12.5 Å². The van der Waals surface area contributed by atoms with Crippen molar-refractivity contribution in [2.24, 2.45) is 0 Å². The average molecular weight is 893 g/mol. The molecule has 0 aromatic heterocycles. The molecule has 4 unspecified atom stereocenters. The number of esters is 2. The molecule has 4 saturated heterocycles. The Labute approximate surface area is 368 Å². The SMILES string of the molecule is COCOc1c(OC)c(C)cc2c1[C@@H]1C3[C@@H]4SC[C@H](NC(=O)CCCCC5SCC6NC(=O)NC65)C(=O)OC[C@@H](c5c6c(c(C)c(OC(C)=O)c54)OCO6)N3[C@@H](C#N)[C@@H](C2)N1C. The predicted octanol–water partition coefficient (Wildman–Crippen LogP) is 3.72. The summed E-state index contributed by atoms with van der Waals surface area (Å²) in [6.07, 6.45) is 3.01. The summed E-state index contributed by atoms with van der Waals surface area (Å²) in [6.45, 7) is 4.87. The molecule has 10 atom stereocenters. The number of carbonyl (C=O) groups excluding carboxylic acids is 4. The fourth-order valence-corrected chi connectivity index (χ4v) is 13.9. The van der Waals surface area contributed by atoms with E-state index < -0.39 is 47.4 Å². The maximum atomic E-state index is 14.1. The summed E-state index contributed by atoms with van der Waals surface area (Å²) in [5.41, 5.74) is 4.72. The molecule has 0 spiro atoms. The molecule has 62 heavy (non-hydrogen) atoms. The monoisotopic (exact) mass is 892 g/mol. The summed E-state index contributed by atoms with van der Waals surface area (Å²) in [5, 5.41) is 19.9. The summed E-state index contributed by atoms with van der Waals surface area (Å²) < 4.78 is 42.4. The quantitative estimate of drug-likeness (QED) is 0.0969. The molecule has 332 valence electrons. The first-order valence-corrected chi connectivity index (χ1v) is 23.2. The topological polar surface area (TPSA) is 199 Å². The van der Waals surface area contributed by atoms with Crippen molar-refractivity contribution >= 4 is 47.4 Å². The smallest absolute Gasteiger partial charge is 0.329 e. The van der Waals surface area contributed by atoms with E-state index in [-0.39, 0.29) is 67.7 Å². The molecular formula is C43H52N6O11S2. The van der Waals surface area contributed by atoms with Gasteiger partial charge < -0.3 is 49.1 Å². The summed E-state index contributed by atoms with van der Waals surface area (Å²) >= 11 is 3.27. The van der Waals surface area contributed by atoms with Crippen LogP contribution in [0.5, 0.6) is 28.7 Å². The van der Waals surface area contributed by atoms with Crippen molar-refractivity contribution in [2.45, 2.75) is 112 Å². The number of rotatable bonds is 11. The second kappa shape index (κ2) is 17.2. The lowest BCUT2D eigenvalue weighted by Gasteiger charge is -2.61. The van der Waals surface area contributed by atoms with Crippen LogP contribution in [0, 0.1) is 25.2 Å². The van der Waals surface area contributed by atoms with Gasteiger partial charge in [-0.15, -0.1) is 11.8 Å². The van der Waals surface area contributed by atoms with E-state index in [2.05, 4.69) is 37.9 Å². The molecule has 0 saturated carbocycles. The molecule has 2 aromatic rings. The van der Waals surface area contributed by atoms with Crippen LogP contribution in [0.1, 0.15) is 83.3 Å². The van der Waals surface area contributed by atoms with Crippen molar-refractivity contribution < 1.29 is 52.3 Å². The van der Waals surface area contributed by atoms with Gasteiger partial charge in [-0.05, 0) is 51.3 Å². The van der Waals surface area contributed by atoms with Crippen LogP contribution in [-0.2, 0) is 30.3 Å². The standard InChI is InChI=1S/C43H52N6O11S2/c1-19-11-22-12-25-26(13-44)49-27-14-56-42(52)24(45-29(51)10-8-7-9-28-33-23(15-61-28)46-43(53)47-33)16-62-41(32-31(27)40-38(58-18-59-40)20(2)37(32)60-21(3)50)35(49)34(48(25)4)30(22)39(36(19)55-6)57-17-54-5/h11,23-28,33-35,41H,7-10,12,14-18H2,1-6H3,(H,45,51)(H2,46,47,53)/t23?,24-,25+,26-,27-,28?,33?,34+,35?,41+/m0/s1. The molecule has 10 rings (SSSR count). The molecule has 3 amide bonds. The minimum Gasteiger partial charge on any atom is -0.493 e. The molecule has 0 aliphatic carbocycles. The zero-order chi connectivity index (χ0) is 43.6. The fourth-order valence-electron chi connectivity index (χ4n) is 10.8. The molecule has 8 heterocycles. The Balaban J connectivity index is 1.10. The van der Waals surface area contributed by atoms with Gasteiger partial charge in [-0.25, -0.2) is 9.59 Å². The van der Waals surface area contributed by atoms with Crippen LogP contribution in [0.25, 0.3) is 0 Å². The van der Waals surface area contributed by atoms with Gasteiger partial charge >= 0.3 is 18.0 Å². The first-order chi connectivity index (χ1) is 29.9. The van der Waals surface area contributed by atoms with Crippen LogP contribution in [0.2, 0.25) is 0 Å². The summed E-state index contributed by atoms with van der Waals surface area (Å²) in [7, 11) is 5.19. The second-order valence-corrected chi connectivity index (χ2v) is 19.3. The lowest BCUT2D eigenvalue weighted by molar-refractivity contribution is -0.152. The molecule has 0 radical (unpaired) electrons. The van der Waals surface area contributed by atoms with E-state index in [0.29, 0.717) is 58.3 Å². The van der Waals surface area contributed by atoms with Gasteiger partial charge in [0.2, 0.25) is 12.7 Å². The number of nitriles is 1. The third-order valence-electron chi connectivity index (χ3n) is 13.4. The van der Waals surface area contributed by atoms with Crippen LogP contribution >= 0.6 is 23.5 Å². The zero-order valence-corrected chi connectivity index (χ0v) is 37.2. The maximum absolute atomic E-state index is 14.1. The Morgan fingerprint density at radius 1 is 1.02 bits per heavy atom. The number of hydrogen-bond donors (Lipinski definition) is 3. The summed E-state index contributed by atoms with van der Waals surface area (Å²) in [6, 6.07) is 1.25. The molecule has 4 fully saturated rings. The highest BCUT2D eigenvalue weighted by Gasteiger charge is 2.61. The van der Waals surface area contributed by atoms with Gasteiger partial charge in [0.1, 0.15) is 24.4 Å². The second-order valence-electron chi connectivity index (χ2n) is 16.9. The Bertz CT molecular complexity index is 2220. The van der Waals surface area contributed by atoms with Crippen LogP contribution in [0.15, 0.2) is 6.07 Å². The van der Waals surface area contributed by atoms with Crippen molar-refractivity contribution in [2.75, 3.05) is 53.0 Å². The Hall–Kier alpha value is -4.61. The lowest BCUT2D eigenvalue weighted by Crippen LogP contribution is -2.69. The van der Waals surface area contributed by atoms with Gasteiger partial charge in [0.25, 0.3) is 0 Å². The zero-order valence-electron chi connectivity index (χ0n) is 35.6. The number of thioether (sulfide) groups is 2. The van der Waals surface area contributed by atoms with Crippen molar-refractivity contribution in [3.63, 3.8) is 0 Å². The number of benzene rings is 2. The number of amides is 3. The molecule has 3 N–H and O–H groups in total. The van der Waals surface area contributed by atoms with Crippen LogP contribution < -0.4 is 39.6 Å². The maximum Gasteiger partial charge on any atom is 0.329 e. The van der Waals surface area contributed by atoms with Gasteiger partial charge in [0, 0.05) is 71.5 Å². The number of hydrogen-bond acceptors (Lipinski definition) is 16. The molecule has 2 aromatic carbocycles. The van der Waals surface area contributed by atoms with Crippen LogP contribution in [0.4, 0.5) is 4.79 Å². The highest BCUT2D eigenvalue weighted by atomic mass is 32.2. The van der Waals surface area contributed by atoms with Crippen molar-refractivity contribution in [1.29, 1.82) is 5.26 Å². The number of unbranched alkanes of at least 4 members (excludes halogenated alkanes) is 1. The number of carbonyl (C=O) groups is 4. The van der Waals surface area contributed by atoms with Gasteiger partial charge in [0.05, 0.1) is 42.6 Å². The number of methoxy groups -OCH3 is 2. The molecule has 8 aliphatic heterocycles. The number of nitrogens with one attached hydrogen (secondary N) is 3. The molecule has 17 nitrogen and oxygen atoms in total. The number of piperazine rings is 1. The lowest BCUT2D eigenvalue weighted by atomic mass is 9.71. The first-order valence-electron chi connectivity index (χ1n) is 21.1. The number of aryl methyl sites for hydroxylation is 1. The number of likely N-dealkylation sites (N-methyl/N-ethyl adjacent to an activating group) is 1. The minimum atomic E-state index is -0.996. The molecular weight excluding hydrogens is 841 g/mol. The van der Waals surface area contributed by atoms with E-state index in [1.54, 1.807) is 14.2 Å². The highest BCUT2D eigenvalue weighted by Crippen LogP contribution is 2.64. The van der Waals surface area contributed by atoms with Crippen LogP contribution in [0.3, 0.4) is 0 Å². The summed E-state index contributed by atoms with van der Waals surface area (Å²) in [4.78, 5) is 56.9. The Morgan fingerprint density at radius 2 is 1.82 bits per heavy atom.